The number of likely N-dealkylation sites (tertiary alicyclic amines) is 2. The van der Waals surface area contributed by atoms with Gasteiger partial charge in [0.2, 0.25) is 17.7 Å². The Morgan fingerprint density at radius 3 is 2.15 bits per heavy atom. The molecule has 378 valence electrons. The summed E-state index contributed by atoms with van der Waals surface area (Å²) in [5.74, 6) is -3.84. The van der Waals surface area contributed by atoms with E-state index in [1.54, 1.807) is 24.2 Å². The van der Waals surface area contributed by atoms with E-state index < -0.39 is 40.6 Å². The third-order valence-corrected chi connectivity index (χ3v) is 16.4. The van der Waals surface area contributed by atoms with Gasteiger partial charge in [0, 0.05) is 119 Å². The number of piperidine rings is 3. The number of imide groups is 1. The first-order chi connectivity index (χ1) is 34.7. The summed E-state index contributed by atoms with van der Waals surface area (Å²) in [6.45, 7) is 7.02. The third kappa shape index (κ3) is 8.65. The van der Waals surface area contributed by atoms with Crippen LogP contribution in [0, 0.1) is 29.2 Å². The van der Waals surface area contributed by atoms with E-state index in [-0.39, 0.29) is 58.9 Å². The number of aryl methyl sites for hydroxylation is 1. The second-order valence-corrected chi connectivity index (χ2v) is 20.7. The first-order valence-electron chi connectivity index (χ1n) is 25.2. The fourth-order valence-electron chi connectivity index (χ4n) is 12.1. The fourth-order valence-corrected chi connectivity index (χ4v) is 12.1. The number of nitrogens with one attached hydrogen (secondary N) is 2. The molecule has 8 heterocycles. The molecule has 6 aliphatic rings. The van der Waals surface area contributed by atoms with Crippen molar-refractivity contribution in [2.75, 3.05) is 76.2 Å². The molecular weight excluding hydrogens is 933 g/mol. The number of nitrogens with zero attached hydrogens (tertiary/aromatic N) is 8. The van der Waals surface area contributed by atoms with E-state index in [2.05, 4.69) is 30.3 Å². The van der Waals surface area contributed by atoms with Crippen LogP contribution >= 0.6 is 0 Å². The highest BCUT2D eigenvalue weighted by atomic mass is 19.1. The van der Waals surface area contributed by atoms with Crippen LogP contribution < -0.4 is 21.1 Å². The summed E-state index contributed by atoms with van der Waals surface area (Å²) in [6, 6.07) is 9.61. The van der Waals surface area contributed by atoms with E-state index >= 15 is 13.2 Å². The quantitative estimate of drug-likeness (QED) is 0.128. The average Bonchev–Trinajstić information content (AvgIpc) is 4.07. The van der Waals surface area contributed by atoms with E-state index in [0.717, 1.165) is 56.8 Å². The molecule has 11 rings (SSSR count). The van der Waals surface area contributed by atoms with Crippen molar-refractivity contribution in [1.82, 2.24) is 39.0 Å². The summed E-state index contributed by atoms with van der Waals surface area (Å²) in [7, 11) is 3.43. The van der Waals surface area contributed by atoms with Crippen molar-refractivity contribution in [1.29, 1.82) is 0 Å². The van der Waals surface area contributed by atoms with Gasteiger partial charge < -0.3 is 19.7 Å². The van der Waals surface area contributed by atoms with Crippen molar-refractivity contribution in [3.8, 4) is 5.69 Å². The molecule has 2 N–H and O–H groups in total. The van der Waals surface area contributed by atoms with Crippen molar-refractivity contribution in [3.05, 3.63) is 116 Å². The molecule has 1 saturated carbocycles. The minimum absolute atomic E-state index is 0.0119. The molecule has 0 unspecified atom stereocenters. The Morgan fingerprint density at radius 2 is 1.47 bits per heavy atom. The molecule has 3 aromatic heterocycles. The molecule has 5 fully saturated rings. The van der Waals surface area contributed by atoms with Crippen LogP contribution in [0.2, 0.25) is 0 Å². The monoisotopic (exact) mass is 990 g/mol. The van der Waals surface area contributed by atoms with Gasteiger partial charge in [-0.25, -0.2) is 22.5 Å². The number of piperazine rings is 1. The lowest BCUT2D eigenvalue weighted by atomic mass is 9.87. The SMILES string of the molecule is CNc1cc(=O)n(-c2ccnc3c2cc(CN2CCC(c4c(F)cc(C(=O)N5CCC(CN6CCN(Cc7cc8c(cc7F)N([C@H]7CCC(=O)NC7=O)C(=O)C87CC7)CC6)CC5)cc4F)CC2)n3C)cc1F. The summed E-state index contributed by atoms with van der Waals surface area (Å²) >= 11 is 0. The molecule has 15 nitrogen and oxygen atoms in total. The number of hydrogen-bond donors (Lipinski definition) is 2. The van der Waals surface area contributed by atoms with Gasteiger partial charge in [-0.3, -0.25) is 48.6 Å². The van der Waals surface area contributed by atoms with Crippen LogP contribution in [0.1, 0.15) is 90.0 Å². The molecule has 4 saturated heterocycles. The van der Waals surface area contributed by atoms with E-state index in [4.69, 9.17) is 0 Å². The largest absolute Gasteiger partial charge is 0.386 e. The van der Waals surface area contributed by atoms with Crippen molar-refractivity contribution in [2.45, 2.75) is 81.8 Å². The molecule has 0 bridgehead atoms. The summed E-state index contributed by atoms with van der Waals surface area (Å²) in [5.41, 5.74) is 2.84. The standard InChI is InChI=1S/C53H58F4N10O5/c1-58-42-26-47(69)66(30-41(42)57)43-5-12-59-49-36(43)24-35(61(49)2)29-62-13-8-32(9-14-62)48-39(55)22-33(23-40(48)56)51(71)65-15-6-31(7-16-65)27-63-17-19-64(20-18-63)28-34-21-37-45(25-38(34)54)67(52(72)53(37)10-11-53)44-3-4-46(68)60-50(44)70/h5,12,21-26,30-32,44,58H,3-4,6-11,13-20,27-29H2,1-2H3,(H,60,68,70)/t44-/m0/s1. The van der Waals surface area contributed by atoms with E-state index in [0.29, 0.717) is 98.8 Å². The zero-order valence-corrected chi connectivity index (χ0v) is 40.5. The molecule has 5 aliphatic heterocycles. The van der Waals surface area contributed by atoms with Gasteiger partial charge in [-0.2, -0.15) is 0 Å². The number of hydrogen-bond acceptors (Lipinski definition) is 10. The lowest BCUT2D eigenvalue weighted by Gasteiger charge is -2.39. The molecule has 1 atom stereocenters. The summed E-state index contributed by atoms with van der Waals surface area (Å²) in [5, 5.41) is 5.71. The van der Waals surface area contributed by atoms with Gasteiger partial charge in [-0.1, -0.05) is 0 Å². The Bertz CT molecular complexity index is 3050. The minimum atomic E-state index is -0.832. The predicted molar refractivity (Wildman–Crippen MR) is 261 cm³/mol. The number of rotatable bonds is 11. The van der Waals surface area contributed by atoms with Crippen molar-refractivity contribution in [3.63, 3.8) is 0 Å². The smallest absolute Gasteiger partial charge is 0.257 e. The molecule has 5 aromatic rings. The number of pyridine rings is 2. The van der Waals surface area contributed by atoms with Crippen molar-refractivity contribution >= 4 is 46.0 Å². The normalized spacial score (nSPS) is 21.2. The van der Waals surface area contributed by atoms with Crippen LogP contribution in [0.3, 0.4) is 0 Å². The van der Waals surface area contributed by atoms with Crippen LogP contribution in [0.5, 0.6) is 0 Å². The van der Waals surface area contributed by atoms with Crippen LogP contribution in [-0.4, -0.2) is 129 Å². The van der Waals surface area contributed by atoms with E-state index in [9.17, 15) is 28.4 Å². The second kappa shape index (κ2) is 18.9. The maximum atomic E-state index is 15.9. The molecule has 72 heavy (non-hydrogen) atoms. The second-order valence-electron chi connectivity index (χ2n) is 20.7. The summed E-state index contributed by atoms with van der Waals surface area (Å²) in [4.78, 5) is 79.3. The zero-order chi connectivity index (χ0) is 50.2. The van der Waals surface area contributed by atoms with Gasteiger partial charge in [0.1, 0.15) is 29.1 Å². The average molecular weight is 991 g/mol. The molecule has 1 aliphatic carbocycles. The van der Waals surface area contributed by atoms with Crippen LogP contribution in [0.25, 0.3) is 16.7 Å². The summed E-state index contributed by atoms with van der Waals surface area (Å²) < 4.78 is 65.4. The minimum Gasteiger partial charge on any atom is -0.386 e. The zero-order valence-electron chi connectivity index (χ0n) is 40.5. The Balaban J connectivity index is 0.651. The van der Waals surface area contributed by atoms with Gasteiger partial charge >= 0.3 is 0 Å². The Hall–Kier alpha value is -6.44. The number of carbonyl (C=O) groups excluding carboxylic acids is 4. The maximum absolute atomic E-state index is 15.9. The molecule has 4 amide bonds. The van der Waals surface area contributed by atoms with Crippen LogP contribution in [0.15, 0.2) is 59.7 Å². The van der Waals surface area contributed by atoms with Crippen LogP contribution in [0.4, 0.5) is 28.9 Å². The topological polar surface area (TPSA) is 148 Å². The first kappa shape index (κ1) is 47.9. The van der Waals surface area contributed by atoms with Gasteiger partial charge in [0.15, 0.2) is 5.82 Å². The highest BCUT2D eigenvalue weighted by Crippen LogP contribution is 2.58. The van der Waals surface area contributed by atoms with Crippen molar-refractivity contribution in [2.24, 2.45) is 13.0 Å². The summed E-state index contributed by atoms with van der Waals surface area (Å²) in [6.07, 6.45) is 6.98. The van der Waals surface area contributed by atoms with Gasteiger partial charge in [-0.05, 0) is 112 Å². The Kier molecular flexibility index (Phi) is 12.5. The van der Waals surface area contributed by atoms with Gasteiger partial charge in [-0.15, -0.1) is 0 Å². The maximum Gasteiger partial charge on any atom is 0.257 e. The Labute approximate surface area is 413 Å². The highest BCUT2D eigenvalue weighted by molar-refractivity contribution is 6.15. The number of carbonyl (C=O) groups is 4. The molecular formula is C53H58F4N10O5. The van der Waals surface area contributed by atoms with Crippen LogP contribution in [-0.2, 0) is 39.9 Å². The van der Waals surface area contributed by atoms with Crippen molar-refractivity contribution < 1.29 is 36.7 Å². The molecule has 19 heteroatoms. The number of aromatic nitrogens is 3. The number of benzene rings is 2. The third-order valence-electron chi connectivity index (χ3n) is 16.4. The van der Waals surface area contributed by atoms with Gasteiger partial charge in [0.25, 0.3) is 11.5 Å². The van der Waals surface area contributed by atoms with E-state index in [1.807, 2.05) is 23.7 Å². The Morgan fingerprint density at radius 1 is 0.778 bits per heavy atom. The lowest BCUT2D eigenvalue weighted by molar-refractivity contribution is -0.135. The molecule has 1 spiro atoms. The number of amides is 4. The number of halogens is 4. The number of fused-ring (bicyclic) bond motifs is 3. The number of anilines is 2. The van der Waals surface area contributed by atoms with Gasteiger partial charge in [0.05, 0.1) is 28.7 Å². The highest BCUT2D eigenvalue weighted by Gasteiger charge is 2.61. The lowest BCUT2D eigenvalue weighted by Crippen LogP contribution is -2.54. The molecule has 2 aromatic carbocycles. The fraction of sp³-hybridized carbons (Fsp3) is 0.472. The first-order valence-corrected chi connectivity index (χ1v) is 25.2. The van der Waals surface area contributed by atoms with E-state index in [1.165, 1.54) is 39.9 Å². The predicted octanol–water partition coefficient (Wildman–Crippen LogP) is 5.56. The molecule has 0 radical (unpaired) electrons.